The number of thioether (sulfide) groups is 1. The van der Waals surface area contributed by atoms with Gasteiger partial charge in [0.15, 0.2) is 0 Å². The molecule has 0 spiro atoms. The second kappa shape index (κ2) is 7.97. The first kappa shape index (κ1) is 17.4. The van der Waals surface area contributed by atoms with Crippen LogP contribution in [0, 0.1) is 0 Å². The monoisotopic (exact) mass is 317 g/mol. The van der Waals surface area contributed by atoms with Gasteiger partial charge >= 0.3 is 5.97 Å². The van der Waals surface area contributed by atoms with Crippen molar-refractivity contribution in [1.82, 2.24) is 4.90 Å². The number of carbonyl (C=O) groups is 2. The molecule has 0 aliphatic rings. The summed E-state index contributed by atoms with van der Waals surface area (Å²) in [7, 11) is 0. The fraction of sp³-hybridized carbons (Fsp3) is 0.429. The number of amides is 1. The molecule has 1 aromatic rings. The molecule has 0 saturated carbocycles. The quantitative estimate of drug-likeness (QED) is 0.784. The molecule has 0 atom stereocenters. The highest BCUT2D eigenvalue weighted by Crippen LogP contribution is 2.25. The van der Waals surface area contributed by atoms with Gasteiger partial charge in [0.25, 0.3) is 11.7 Å². The number of alkyl halides is 2. The van der Waals surface area contributed by atoms with Crippen LogP contribution < -0.4 is 0 Å². The van der Waals surface area contributed by atoms with Crippen molar-refractivity contribution in [1.29, 1.82) is 0 Å². The molecule has 0 aliphatic carbocycles. The SMILES string of the molecule is CC(C)N(CCC(=O)O)C(=O)c1ccc(SC(F)F)cc1. The van der Waals surface area contributed by atoms with Crippen LogP contribution in [-0.2, 0) is 4.79 Å². The number of aliphatic carboxylic acids is 1. The van der Waals surface area contributed by atoms with Gasteiger partial charge < -0.3 is 10.0 Å². The van der Waals surface area contributed by atoms with Crippen LogP contribution in [-0.4, -0.2) is 40.2 Å². The Bertz CT molecular complexity index is 491. The lowest BCUT2D eigenvalue weighted by Gasteiger charge is -2.26. The van der Waals surface area contributed by atoms with E-state index in [-0.39, 0.29) is 24.9 Å². The topological polar surface area (TPSA) is 57.6 Å². The van der Waals surface area contributed by atoms with E-state index in [4.69, 9.17) is 5.11 Å². The minimum Gasteiger partial charge on any atom is -0.481 e. The second-order valence-corrected chi connectivity index (χ2v) is 5.70. The van der Waals surface area contributed by atoms with Gasteiger partial charge in [0.05, 0.1) is 6.42 Å². The third-order valence-corrected chi connectivity index (χ3v) is 3.50. The van der Waals surface area contributed by atoms with Crippen molar-refractivity contribution in [2.75, 3.05) is 6.54 Å². The first-order valence-electron chi connectivity index (χ1n) is 6.39. The number of carboxylic acid groups (broad SMARTS) is 1. The van der Waals surface area contributed by atoms with Gasteiger partial charge in [-0.1, -0.05) is 11.8 Å². The summed E-state index contributed by atoms with van der Waals surface area (Å²) < 4.78 is 24.4. The lowest BCUT2D eigenvalue weighted by atomic mass is 10.1. The van der Waals surface area contributed by atoms with Gasteiger partial charge in [0, 0.05) is 23.0 Å². The van der Waals surface area contributed by atoms with Crippen LogP contribution in [0.2, 0.25) is 0 Å². The van der Waals surface area contributed by atoms with Gasteiger partial charge in [-0.15, -0.1) is 0 Å². The zero-order valence-corrected chi connectivity index (χ0v) is 12.6. The fourth-order valence-corrected chi connectivity index (χ4v) is 2.25. The van der Waals surface area contributed by atoms with E-state index in [0.29, 0.717) is 22.2 Å². The lowest BCUT2D eigenvalue weighted by molar-refractivity contribution is -0.137. The Morgan fingerprint density at radius 2 is 1.81 bits per heavy atom. The predicted octanol–water partition coefficient (Wildman–Crippen LogP) is 3.33. The van der Waals surface area contributed by atoms with Gasteiger partial charge in [-0.05, 0) is 38.1 Å². The summed E-state index contributed by atoms with van der Waals surface area (Å²) >= 11 is 0.412. The molecular weight excluding hydrogens is 300 g/mol. The molecule has 0 fully saturated rings. The highest BCUT2D eigenvalue weighted by molar-refractivity contribution is 7.99. The summed E-state index contributed by atoms with van der Waals surface area (Å²) in [6.07, 6.45) is -0.136. The first-order chi connectivity index (χ1) is 9.81. The Morgan fingerprint density at radius 3 is 2.24 bits per heavy atom. The highest BCUT2D eigenvalue weighted by Gasteiger charge is 2.19. The summed E-state index contributed by atoms with van der Waals surface area (Å²) in [5.41, 5.74) is 0.354. The van der Waals surface area contributed by atoms with Crippen molar-refractivity contribution < 1.29 is 23.5 Å². The number of rotatable bonds is 7. The molecule has 1 rings (SSSR count). The van der Waals surface area contributed by atoms with E-state index in [1.165, 1.54) is 29.2 Å². The van der Waals surface area contributed by atoms with Gasteiger partial charge in [0.2, 0.25) is 0 Å². The average Bonchev–Trinajstić information content (AvgIpc) is 2.38. The van der Waals surface area contributed by atoms with Gasteiger partial charge in [0.1, 0.15) is 0 Å². The van der Waals surface area contributed by atoms with E-state index in [1.807, 2.05) is 0 Å². The van der Waals surface area contributed by atoms with E-state index in [0.717, 1.165) is 0 Å². The molecule has 21 heavy (non-hydrogen) atoms. The van der Waals surface area contributed by atoms with E-state index in [2.05, 4.69) is 0 Å². The smallest absolute Gasteiger partial charge is 0.305 e. The summed E-state index contributed by atoms with van der Waals surface area (Å²) in [6.45, 7) is 3.70. The molecule has 0 saturated heterocycles. The summed E-state index contributed by atoms with van der Waals surface area (Å²) in [4.78, 5) is 24.8. The third kappa shape index (κ3) is 5.71. The van der Waals surface area contributed by atoms with Crippen LogP contribution in [0.1, 0.15) is 30.6 Å². The molecule has 1 amide bonds. The molecule has 0 aromatic heterocycles. The van der Waals surface area contributed by atoms with E-state index in [9.17, 15) is 18.4 Å². The van der Waals surface area contributed by atoms with E-state index < -0.39 is 11.7 Å². The minimum atomic E-state index is -2.51. The highest BCUT2D eigenvalue weighted by atomic mass is 32.2. The second-order valence-electron chi connectivity index (χ2n) is 4.64. The maximum Gasteiger partial charge on any atom is 0.305 e. The number of carbonyl (C=O) groups excluding carboxylic acids is 1. The van der Waals surface area contributed by atoms with Crippen molar-refractivity contribution in [2.45, 2.75) is 37.0 Å². The van der Waals surface area contributed by atoms with Crippen molar-refractivity contribution >= 4 is 23.6 Å². The average molecular weight is 317 g/mol. The van der Waals surface area contributed by atoms with Gasteiger partial charge in [-0.25, -0.2) is 0 Å². The van der Waals surface area contributed by atoms with Crippen molar-refractivity contribution in [3.63, 3.8) is 0 Å². The molecule has 4 nitrogen and oxygen atoms in total. The number of carboxylic acids is 1. The molecule has 0 radical (unpaired) electrons. The Kier molecular flexibility index (Phi) is 6.61. The van der Waals surface area contributed by atoms with Gasteiger partial charge in [-0.3, -0.25) is 9.59 Å². The van der Waals surface area contributed by atoms with Crippen LogP contribution >= 0.6 is 11.8 Å². The lowest BCUT2D eigenvalue weighted by Crippen LogP contribution is -2.38. The predicted molar refractivity (Wildman–Crippen MR) is 76.7 cm³/mol. The Balaban J connectivity index is 2.81. The normalized spacial score (nSPS) is 11.0. The zero-order valence-electron chi connectivity index (χ0n) is 11.8. The van der Waals surface area contributed by atoms with Crippen molar-refractivity contribution in [3.8, 4) is 0 Å². The number of nitrogens with zero attached hydrogens (tertiary/aromatic N) is 1. The molecular formula is C14H17F2NO3S. The standard InChI is InChI=1S/C14H17F2NO3S/c1-9(2)17(8-7-12(18)19)13(20)10-3-5-11(6-4-10)21-14(15)16/h3-6,9,14H,7-8H2,1-2H3,(H,18,19). The number of hydrogen-bond donors (Lipinski definition) is 1. The summed E-state index contributed by atoms with van der Waals surface area (Å²) in [6, 6.07) is 5.72. The largest absolute Gasteiger partial charge is 0.481 e. The first-order valence-corrected chi connectivity index (χ1v) is 7.27. The summed E-state index contributed by atoms with van der Waals surface area (Å²) in [5, 5.41) is 8.71. The van der Waals surface area contributed by atoms with Gasteiger partial charge in [-0.2, -0.15) is 8.78 Å². The molecule has 0 heterocycles. The Labute approximate surface area is 126 Å². The molecule has 0 aliphatic heterocycles. The van der Waals surface area contributed by atoms with Crippen molar-refractivity contribution in [2.24, 2.45) is 0 Å². The maximum absolute atomic E-state index is 12.3. The van der Waals surface area contributed by atoms with Crippen molar-refractivity contribution in [3.05, 3.63) is 29.8 Å². The fourth-order valence-electron chi connectivity index (χ4n) is 1.76. The number of hydrogen-bond acceptors (Lipinski definition) is 3. The minimum absolute atomic E-state index is 0.110. The molecule has 0 unspecified atom stereocenters. The molecule has 116 valence electrons. The number of halogens is 2. The Morgan fingerprint density at radius 1 is 1.24 bits per heavy atom. The Hall–Kier alpha value is -1.63. The molecule has 1 aromatic carbocycles. The summed E-state index contributed by atoms with van der Waals surface area (Å²) in [5.74, 6) is -3.79. The van der Waals surface area contributed by atoms with Crippen LogP contribution in [0.3, 0.4) is 0 Å². The molecule has 7 heteroatoms. The van der Waals surface area contributed by atoms with Crippen LogP contribution in [0.5, 0.6) is 0 Å². The number of benzene rings is 1. The zero-order chi connectivity index (χ0) is 16.0. The maximum atomic E-state index is 12.3. The third-order valence-electron chi connectivity index (χ3n) is 2.78. The van der Waals surface area contributed by atoms with Crippen LogP contribution in [0.4, 0.5) is 8.78 Å². The van der Waals surface area contributed by atoms with Crippen LogP contribution in [0.25, 0.3) is 0 Å². The van der Waals surface area contributed by atoms with Crippen LogP contribution in [0.15, 0.2) is 29.2 Å². The molecule has 1 N–H and O–H groups in total. The van der Waals surface area contributed by atoms with E-state index in [1.54, 1.807) is 13.8 Å². The van der Waals surface area contributed by atoms with E-state index >= 15 is 0 Å². The molecule has 0 bridgehead atoms.